The van der Waals surface area contributed by atoms with Gasteiger partial charge >= 0.3 is 33.6 Å². The Labute approximate surface area is 323 Å². The number of nitrogens with zero attached hydrogens (tertiary/aromatic N) is 6. The van der Waals surface area contributed by atoms with Gasteiger partial charge in [0.15, 0.2) is 0 Å². The van der Waals surface area contributed by atoms with Crippen molar-refractivity contribution in [2.75, 3.05) is 41.3 Å². The van der Waals surface area contributed by atoms with Crippen molar-refractivity contribution in [3.63, 3.8) is 0 Å². The van der Waals surface area contributed by atoms with Crippen LogP contribution in [0.5, 0.6) is 0 Å². The van der Waals surface area contributed by atoms with Crippen LogP contribution in [0.2, 0.25) is 157 Å². The van der Waals surface area contributed by atoms with Crippen molar-refractivity contribution in [1.82, 2.24) is 9.80 Å². The van der Waals surface area contributed by atoms with Crippen LogP contribution in [0.25, 0.3) is 18.6 Å². The van der Waals surface area contributed by atoms with Gasteiger partial charge in [-0.1, -0.05) is 223 Å². The Morgan fingerprint density at radius 2 is 0.348 bits per heavy atom. The van der Waals surface area contributed by atoms with Gasteiger partial charge in [-0.25, -0.2) is 0 Å². The van der Waals surface area contributed by atoms with Gasteiger partial charge < -0.3 is 28.4 Å². The predicted octanol–water partition coefficient (Wildman–Crippen LogP) is 12.2. The maximum absolute atomic E-state index is 4.82. The molecular formula is C30H88Co2N6Si8+2. The second kappa shape index (κ2) is 26.3. The Hall–Kier alpha value is 2.51. The van der Waals surface area contributed by atoms with Crippen molar-refractivity contribution in [2.24, 2.45) is 0 Å². The van der Waals surface area contributed by atoms with E-state index in [1.54, 1.807) is 0 Å². The van der Waals surface area contributed by atoms with Crippen LogP contribution in [-0.2, 0) is 33.6 Å². The van der Waals surface area contributed by atoms with E-state index in [0.29, 0.717) is 0 Å². The van der Waals surface area contributed by atoms with Crippen molar-refractivity contribution in [2.45, 2.75) is 157 Å². The van der Waals surface area contributed by atoms with Crippen LogP contribution in [0, 0.1) is 0 Å². The molecule has 0 radical (unpaired) electrons. The van der Waals surface area contributed by atoms with Gasteiger partial charge in [0, 0.05) is 13.1 Å². The van der Waals surface area contributed by atoms with E-state index in [1.807, 2.05) is 0 Å². The van der Waals surface area contributed by atoms with E-state index in [2.05, 4.69) is 195 Å². The largest absolute Gasteiger partial charge is 3.00 e. The Morgan fingerprint density at radius 3 is 0.370 bits per heavy atom. The predicted molar refractivity (Wildman–Crippen MR) is 237 cm³/mol. The normalized spacial score (nSPS) is 12.9. The molecule has 0 saturated carbocycles. The molecule has 0 bridgehead atoms. The van der Waals surface area contributed by atoms with E-state index in [4.69, 9.17) is 18.6 Å². The SMILES string of the molecule is CN(C)CCN(C)C.C[Si](C)(C)[N-][Si](C)(C)C.C[Si](C)(C)[N-][Si](C)(C)C.C[Si](C)(C)[N-][Si](C)(C)C.C[Si](C)(C)[N-][Si](C)(C)C.[Co+3].[Co+3]. The molecule has 0 aromatic rings. The zero-order valence-corrected chi connectivity index (χ0v) is 46.8. The molecule has 6 nitrogen and oxygen atoms in total. The third kappa shape index (κ3) is 97.0. The van der Waals surface area contributed by atoms with Crippen molar-refractivity contribution < 1.29 is 33.6 Å². The number of hydrogen-bond acceptors (Lipinski definition) is 2. The average molecular weight is 876 g/mol. The number of rotatable bonds is 11. The summed E-state index contributed by atoms with van der Waals surface area (Å²) >= 11 is 0. The topological polar surface area (TPSA) is 62.9 Å². The van der Waals surface area contributed by atoms with Crippen LogP contribution in [0.15, 0.2) is 0 Å². The fraction of sp³-hybridized carbons (Fsp3) is 1.00. The first-order chi connectivity index (χ1) is 18.5. The van der Waals surface area contributed by atoms with Gasteiger partial charge in [0.2, 0.25) is 0 Å². The van der Waals surface area contributed by atoms with Gasteiger partial charge in [0.1, 0.15) is 0 Å². The molecule has 0 aliphatic carbocycles. The molecule has 0 amide bonds. The molecule has 0 unspecified atom stereocenters. The third-order valence-electron chi connectivity index (χ3n) is 3.68. The van der Waals surface area contributed by atoms with Crippen LogP contribution in [0.3, 0.4) is 0 Å². The third-order valence-corrected chi connectivity index (χ3v) is 25.1. The van der Waals surface area contributed by atoms with Gasteiger partial charge in [-0.3, -0.25) is 0 Å². The fourth-order valence-corrected chi connectivity index (χ4v) is 36.6. The summed E-state index contributed by atoms with van der Waals surface area (Å²) < 4.78 is 19.3. The van der Waals surface area contributed by atoms with Crippen LogP contribution in [0.4, 0.5) is 0 Å². The molecule has 0 N–H and O–H groups in total. The molecule has 0 aliphatic heterocycles. The van der Waals surface area contributed by atoms with E-state index in [-0.39, 0.29) is 33.6 Å². The standard InChI is InChI=1S/C6H16N2.4C6H18NSi2.2Co/c1-7(2)5-6-8(3)4;4*1-8(2,3)7-9(4,5)6;;/h5-6H2,1-4H3;4*1-6H3;;/q;4*-1;2*+3. The van der Waals surface area contributed by atoms with Crippen LogP contribution < -0.4 is 0 Å². The monoisotopic (exact) mass is 874 g/mol. The zero-order valence-electron chi connectivity index (χ0n) is 36.8. The molecule has 46 heavy (non-hydrogen) atoms. The Balaban J connectivity index is -0.0000000818. The quantitative estimate of drug-likeness (QED) is 0.194. The molecule has 0 spiro atoms. The van der Waals surface area contributed by atoms with Crippen LogP contribution in [0.1, 0.15) is 0 Å². The summed E-state index contributed by atoms with van der Waals surface area (Å²) in [6.07, 6.45) is 0. The average Bonchev–Trinajstić information content (AvgIpc) is 2.48. The Bertz CT molecular complexity index is 534. The van der Waals surface area contributed by atoms with Gasteiger partial charge in [0.25, 0.3) is 0 Å². The van der Waals surface area contributed by atoms with Crippen molar-refractivity contribution in [3.8, 4) is 0 Å². The van der Waals surface area contributed by atoms with E-state index in [0.717, 1.165) is 13.1 Å². The summed E-state index contributed by atoms with van der Waals surface area (Å²) in [6, 6.07) is 0. The van der Waals surface area contributed by atoms with E-state index >= 15 is 0 Å². The van der Waals surface area contributed by atoms with Crippen molar-refractivity contribution in [3.05, 3.63) is 18.6 Å². The summed E-state index contributed by atoms with van der Waals surface area (Å²) in [5.74, 6) is 0. The van der Waals surface area contributed by atoms with E-state index in [9.17, 15) is 0 Å². The molecule has 0 saturated heterocycles. The molecule has 0 aromatic carbocycles. The summed E-state index contributed by atoms with van der Waals surface area (Å²) in [5.41, 5.74) is 0. The van der Waals surface area contributed by atoms with Crippen LogP contribution in [-0.4, -0.2) is 117 Å². The number of likely N-dealkylation sites (N-methyl/N-ethyl adjacent to an activating group) is 2. The smallest absolute Gasteiger partial charge is 0.668 e. The minimum atomic E-state index is -1.11. The molecule has 0 fully saturated rings. The number of hydrogen-bond donors (Lipinski definition) is 0. The zero-order chi connectivity index (χ0) is 37.4. The molecular weight excluding hydrogens is 787 g/mol. The first-order valence-corrected chi connectivity index (χ1v) is 44.3. The van der Waals surface area contributed by atoms with Crippen molar-refractivity contribution >= 4 is 65.9 Å². The Kier molecular flexibility index (Phi) is 36.3. The molecule has 286 valence electrons. The molecule has 0 aliphatic rings. The first kappa shape index (κ1) is 63.5. The molecule has 16 heteroatoms. The van der Waals surface area contributed by atoms with Gasteiger partial charge in [-0.2, -0.15) is 0 Å². The summed E-state index contributed by atoms with van der Waals surface area (Å²) in [6.45, 7) is 57.4. The van der Waals surface area contributed by atoms with Crippen LogP contribution >= 0.6 is 0 Å². The summed E-state index contributed by atoms with van der Waals surface area (Å²) in [7, 11) is -0.500. The van der Waals surface area contributed by atoms with Crippen molar-refractivity contribution in [1.29, 1.82) is 0 Å². The van der Waals surface area contributed by atoms with E-state index in [1.165, 1.54) is 0 Å². The maximum atomic E-state index is 4.82. The minimum absolute atomic E-state index is 0. The van der Waals surface area contributed by atoms with E-state index < -0.39 is 65.9 Å². The fourth-order valence-electron chi connectivity index (χ4n) is 4.42. The maximum Gasteiger partial charge on any atom is 3.00 e. The second-order valence-electron chi connectivity index (χ2n) is 20.4. The summed E-state index contributed by atoms with van der Waals surface area (Å²) in [5, 5.41) is 0. The minimum Gasteiger partial charge on any atom is -0.668 e. The molecule has 0 rings (SSSR count). The van der Waals surface area contributed by atoms with Gasteiger partial charge in [-0.15, -0.1) is 0 Å². The van der Waals surface area contributed by atoms with Gasteiger partial charge in [0.05, 0.1) is 0 Å². The molecule has 0 aromatic heterocycles. The molecule has 0 atom stereocenters. The Morgan fingerprint density at radius 1 is 0.261 bits per heavy atom. The summed E-state index contributed by atoms with van der Waals surface area (Å²) in [4.78, 5) is 4.36. The van der Waals surface area contributed by atoms with Gasteiger partial charge in [-0.05, 0) is 28.2 Å². The molecule has 0 heterocycles. The first-order valence-electron chi connectivity index (χ1n) is 16.7. The second-order valence-corrected chi connectivity index (χ2v) is 58.7.